The van der Waals surface area contributed by atoms with Gasteiger partial charge in [-0.05, 0) is 48.4 Å². The molecule has 0 bridgehead atoms. The third-order valence-electron chi connectivity index (χ3n) is 3.49. The molecule has 0 spiro atoms. The van der Waals surface area contributed by atoms with Crippen LogP contribution in [0.4, 0.5) is 14.5 Å². The van der Waals surface area contributed by atoms with E-state index in [1.807, 2.05) is 31.2 Å². The van der Waals surface area contributed by atoms with E-state index >= 15 is 0 Å². The van der Waals surface area contributed by atoms with Gasteiger partial charge in [0.05, 0.1) is 0 Å². The lowest BCUT2D eigenvalue weighted by molar-refractivity contribution is -0.116. The van der Waals surface area contributed by atoms with Gasteiger partial charge in [0, 0.05) is 18.7 Å². The molecule has 0 heterocycles. The Labute approximate surface area is 134 Å². The Bertz CT molecular complexity index is 674. The first-order valence-electron chi connectivity index (χ1n) is 7.62. The van der Waals surface area contributed by atoms with Crippen LogP contribution in [0, 0.1) is 11.6 Å². The molecule has 2 aromatic rings. The molecular weight excluding hydrogens is 298 g/mol. The molecule has 23 heavy (non-hydrogen) atoms. The van der Waals surface area contributed by atoms with Crippen LogP contribution in [0.2, 0.25) is 0 Å². The first kappa shape index (κ1) is 17.1. The molecule has 0 aromatic heterocycles. The smallest absolute Gasteiger partial charge is 0.224 e. The molecule has 5 heteroatoms. The standard InChI is InChI=1S/C18H20F2N2O/c1-2-21-12-14-5-3-4-6-17(14)22-18(23)10-7-13-11-15(19)8-9-16(13)20/h3-6,8-9,11,21H,2,7,10,12H2,1H3,(H,22,23). The highest BCUT2D eigenvalue weighted by atomic mass is 19.1. The van der Waals surface area contributed by atoms with Crippen LogP contribution in [-0.2, 0) is 17.8 Å². The van der Waals surface area contributed by atoms with Crippen molar-refractivity contribution >= 4 is 11.6 Å². The Balaban J connectivity index is 1.96. The largest absolute Gasteiger partial charge is 0.326 e. The molecule has 2 N–H and O–H groups in total. The predicted molar refractivity (Wildman–Crippen MR) is 87.1 cm³/mol. The van der Waals surface area contributed by atoms with Crippen molar-refractivity contribution < 1.29 is 13.6 Å². The third-order valence-corrected chi connectivity index (χ3v) is 3.49. The van der Waals surface area contributed by atoms with Gasteiger partial charge in [0.15, 0.2) is 0 Å². The van der Waals surface area contributed by atoms with E-state index in [0.29, 0.717) is 6.54 Å². The molecule has 0 atom stereocenters. The second-order valence-electron chi connectivity index (χ2n) is 5.22. The molecule has 3 nitrogen and oxygen atoms in total. The number of hydrogen-bond acceptors (Lipinski definition) is 2. The minimum Gasteiger partial charge on any atom is -0.326 e. The highest BCUT2D eigenvalue weighted by Gasteiger charge is 2.09. The Morgan fingerprint density at radius 1 is 1.09 bits per heavy atom. The topological polar surface area (TPSA) is 41.1 Å². The molecule has 0 aliphatic carbocycles. The molecule has 0 aliphatic heterocycles. The number of carbonyl (C=O) groups is 1. The minimum absolute atomic E-state index is 0.0932. The van der Waals surface area contributed by atoms with E-state index in [-0.39, 0.29) is 24.3 Å². The van der Waals surface area contributed by atoms with Gasteiger partial charge in [0.1, 0.15) is 11.6 Å². The molecule has 1 amide bonds. The number of nitrogens with one attached hydrogen (secondary N) is 2. The maximum absolute atomic E-state index is 13.5. The van der Waals surface area contributed by atoms with Crippen molar-refractivity contribution in [3.8, 4) is 0 Å². The Hall–Kier alpha value is -2.27. The number of hydrogen-bond donors (Lipinski definition) is 2. The normalized spacial score (nSPS) is 10.6. The summed E-state index contributed by atoms with van der Waals surface area (Å²) in [5.41, 5.74) is 1.93. The number of aryl methyl sites for hydroxylation is 1. The first-order chi connectivity index (χ1) is 11.1. The highest BCUT2D eigenvalue weighted by Crippen LogP contribution is 2.16. The van der Waals surface area contributed by atoms with E-state index in [9.17, 15) is 13.6 Å². The zero-order valence-corrected chi connectivity index (χ0v) is 13.0. The number of amides is 1. The van der Waals surface area contributed by atoms with Crippen molar-refractivity contribution in [3.63, 3.8) is 0 Å². The summed E-state index contributed by atoms with van der Waals surface area (Å²) in [7, 11) is 0. The molecule has 0 saturated carbocycles. The van der Waals surface area contributed by atoms with Crippen molar-refractivity contribution in [1.29, 1.82) is 0 Å². The minimum atomic E-state index is -0.502. The van der Waals surface area contributed by atoms with Crippen LogP contribution in [0.15, 0.2) is 42.5 Å². The number of rotatable bonds is 7. The van der Waals surface area contributed by atoms with E-state index in [2.05, 4.69) is 10.6 Å². The van der Waals surface area contributed by atoms with Crippen molar-refractivity contribution in [2.75, 3.05) is 11.9 Å². The lowest BCUT2D eigenvalue weighted by atomic mass is 10.1. The molecule has 122 valence electrons. The first-order valence-corrected chi connectivity index (χ1v) is 7.62. The van der Waals surface area contributed by atoms with Crippen LogP contribution in [0.3, 0.4) is 0 Å². The molecule has 0 unspecified atom stereocenters. The van der Waals surface area contributed by atoms with Gasteiger partial charge < -0.3 is 10.6 Å². The van der Waals surface area contributed by atoms with Gasteiger partial charge in [-0.1, -0.05) is 25.1 Å². The van der Waals surface area contributed by atoms with E-state index < -0.39 is 11.6 Å². The summed E-state index contributed by atoms with van der Waals surface area (Å²) < 4.78 is 26.7. The molecule has 0 aliphatic rings. The van der Waals surface area contributed by atoms with Crippen molar-refractivity contribution in [2.24, 2.45) is 0 Å². The second-order valence-corrected chi connectivity index (χ2v) is 5.22. The van der Waals surface area contributed by atoms with Crippen molar-refractivity contribution in [1.82, 2.24) is 5.32 Å². The maximum atomic E-state index is 13.5. The molecule has 2 aromatic carbocycles. The van der Waals surface area contributed by atoms with E-state index in [0.717, 1.165) is 36.0 Å². The predicted octanol–water partition coefficient (Wildman–Crippen LogP) is 3.65. The van der Waals surface area contributed by atoms with Gasteiger partial charge in [-0.2, -0.15) is 0 Å². The van der Waals surface area contributed by atoms with Crippen LogP contribution < -0.4 is 10.6 Å². The fourth-order valence-corrected chi connectivity index (χ4v) is 2.25. The third kappa shape index (κ3) is 5.14. The number of carbonyl (C=O) groups excluding carboxylic acids is 1. The van der Waals surface area contributed by atoms with Gasteiger partial charge in [-0.25, -0.2) is 8.78 Å². The van der Waals surface area contributed by atoms with E-state index in [4.69, 9.17) is 0 Å². The molecule has 0 fully saturated rings. The van der Waals surface area contributed by atoms with Crippen LogP contribution in [0.25, 0.3) is 0 Å². The van der Waals surface area contributed by atoms with Gasteiger partial charge in [-0.3, -0.25) is 4.79 Å². The molecular formula is C18H20F2N2O. The fraction of sp³-hybridized carbons (Fsp3) is 0.278. The summed E-state index contributed by atoms with van der Waals surface area (Å²) in [5.74, 6) is -1.22. The monoisotopic (exact) mass is 318 g/mol. The summed E-state index contributed by atoms with van der Waals surface area (Å²) in [4.78, 5) is 12.1. The van der Waals surface area contributed by atoms with Gasteiger partial charge in [0.2, 0.25) is 5.91 Å². The maximum Gasteiger partial charge on any atom is 0.224 e. The summed E-state index contributed by atoms with van der Waals surface area (Å²) >= 11 is 0. The number of para-hydroxylation sites is 1. The molecule has 0 saturated heterocycles. The zero-order chi connectivity index (χ0) is 16.7. The zero-order valence-electron chi connectivity index (χ0n) is 13.0. The average Bonchev–Trinajstić information content (AvgIpc) is 2.55. The number of halogens is 2. The Kier molecular flexibility index (Phi) is 6.23. The van der Waals surface area contributed by atoms with Crippen LogP contribution >= 0.6 is 0 Å². The Morgan fingerprint density at radius 3 is 2.65 bits per heavy atom. The van der Waals surface area contributed by atoms with Crippen molar-refractivity contribution in [3.05, 3.63) is 65.2 Å². The van der Waals surface area contributed by atoms with Gasteiger partial charge >= 0.3 is 0 Å². The van der Waals surface area contributed by atoms with E-state index in [1.54, 1.807) is 0 Å². The molecule has 2 rings (SSSR count). The van der Waals surface area contributed by atoms with Gasteiger partial charge in [-0.15, -0.1) is 0 Å². The van der Waals surface area contributed by atoms with Crippen LogP contribution in [0.5, 0.6) is 0 Å². The Morgan fingerprint density at radius 2 is 1.87 bits per heavy atom. The fourth-order valence-electron chi connectivity index (χ4n) is 2.25. The summed E-state index contributed by atoms with van der Waals surface area (Å²) in [5, 5.41) is 6.04. The molecule has 0 radical (unpaired) electrons. The lowest BCUT2D eigenvalue weighted by Crippen LogP contribution is -2.17. The number of benzene rings is 2. The SMILES string of the molecule is CCNCc1ccccc1NC(=O)CCc1cc(F)ccc1F. The number of anilines is 1. The van der Waals surface area contributed by atoms with Crippen molar-refractivity contribution in [2.45, 2.75) is 26.3 Å². The summed E-state index contributed by atoms with van der Waals surface area (Å²) in [6, 6.07) is 10.8. The summed E-state index contributed by atoms with van der Waals surface area (Å²) in [6.07, 6.45) is 0.251. The second kappa shape index (κ2) is 8.39. The van der Waals surface area contributed by atoms with Gasteiger partial charge in [0.25, 0.3) is 0 Å². The van der Waals surface area contributed by atoms with Crippen LogP contribution in [0.1, 0.15) is 24.5 Å². The van der Waals surface area contributed by atoms with Crippen LogP contribution in [-0.4, -0.2) is 12.5 Å². The lowest BCUT2D eigenvalue weighted by Gasteiger charge is -2.11. The average molecular weight is 318 g/mol. The summed E-state index contributed by atoms with van der Waals surface area (Å²) in [6.45, 7) is 3.50. The highest BCUT2D eigenvalue weighted by molar-refractivity contribution is 5.91. The van der Waals surface area contributed by atoms with E-state index in [1.165, 1.54) is 0 Å². The quantitative estimate of drug-likeness (QED) is 0.818.